The van der Waals surface area contributed by atoms with Gasteiger partial charge in [-0.05, 0) is 61.2 Å². The molecular weight excluding hydrogens is 579 g/mol. The van der Waals surface area contributed by atoms with Crippen LogP contribution in [0.1, 0.15) is 35.2 Å². The second-order valence-corrected chi connectivity index (χ2v) is 10.0. The van der Waals surface area contributed by atoms with Crippen LogP contribution in [0.15, 0.2) is 48.5 Å². The zero-order chi connectivity index (χ0) is 30.2. The molecule has 4 rings (SSSR count). The van der Waals surface area contributed by atoms with E-state index in [-0.39, 0.29) is 37.2 Å². The Bertz CT molecular complexity index is 1330. The highest BCUT2D eigenvalue weighted by Crippen LogP contribution is 2.48. The van der Waals surface area contributed by atoms with E-state index in [1.807, 2.05) is 12.1 Å². The predicted molar refractivity (Wildman–Crippen MR) is 150 cm³/mol. The summed E-state index contributed by atoms with van der Waals surface area (Å²) < 4.78 is 53.4. The third-order valence-corrected chi connectivity index (χ3v) is 6.56. The van der Waals surface area contributed by atoms with Crippen LogP contribution in [0.2, 0.25) is 5.02 Å². The molecule has 1 amide bonds. The molecule has 1 saturated carbocycles. The topological polar surface area (TPSA) is 146 Å². The minimum absolute atomic E-state index is 0.0374. The van der Waals surface area contributed by atoms with Crippen molar-refractivity contribution in [2.24, 2.45) is 5.73 Å². The van der Waals surface area contributed by atoms with Gasteiger partial charge in [0.2, 0.25) is 11.9 Å². The average Bonchev–Trinajstić information content (AvgIpc) is 3.74. The number of carbonyl (C=O) groups is 1. The third kappa shape index (κ3) is 9.14. The zero-order valence-corrected chi connectivity index (χ0v) is 23.5. The lowest BCUT2D eigenvalue weighted by Gasteiger charge is -2.19. The van der Waals surface area contributed by atoms with Crippen LogP contribution in [0, 0.1) is 0 Å². The van der Waals surface area contributed by atoms with Crippen LogP contribution in [-0.4, -0.2) is 66.7 Å². The number of rotatable bonds is 15. The van der Waals surface area contributed by atoms with Crippen molar-refractivity contribution in [3.05, 3.63) is 64.7 Å². The largest absolute Gasteiger partial charge is 0.454 e. The molecule has 0 aliphatic heterocycles. The number of nitrogens with zero attached hydrogens (tertiary/aromatic N) is 3. The molecule has 3 aromatic rings. The van der Waals surface area contributed by atoms with Gasteiger partial charge in [0.15, 0.2) is 6.61 Å². The minimum atomic E-state index is -4.58. The summed E-state index contributed by atoms with van der Waals surface area (Å²) >= 11 is 6.01. The van der Waals surface area contributed by atoms with Crippen LogP contribution in [0.25, 0.3) is 0 Å². The van der Waals surface area contributed by atoms with Crippen molar-refractivity contribution in [2.45, 2.75) is 37.0 Å². The Morgan fingerprint density at radius 3 is 2.38 bits per heavy atom. The maximum Gasteiger partial charge on any atom is 0.422 e. The Kier molecular flexibility index (Phi) is 10.4. The first-order chi connectivity index (χ1) is 20.1. The maximum atomic E-state index is 12.8. The molecule has 0 saturated heterocycles. The van der Waals surface area contributed by atoms with Gasteiger partial charge in [0.1, 0.15) is 6.79 Å². The summed E-state index contributed by atoms with van der Waals surface area (Å²) in [7, 11) is 1.52. The lowest BCUT2D eigenvalue weighted by atomic mass is 10.1. The number of ether oxygens (including phenoxy) is 3. The number of amides is 1. The number of carbonyl (C=O) groups excluding carboxylic acids is 1. The fourth-order valence-electron chi connectivity index (χ4n) is 3.99. The van der Waals surface area contributed by atoms with Crippen molar-refractivity contribution in [1.29, 1.82) is 0 Å². The van der Waals surface area contributed by atoms with Gasteiger partial charge >= 0.3 is 12.2 Å². The molecule has 42 heavy (non-hydrogen) atoms. The summed E-state index contributed by atoms with van der Waals surface area (Å²) in [5, 5.41) is 9.58. The summed E-state index contributed by atoms with van der Waals surface area (Å²) in [6.45, 7) is -0.811. The van der Waals surface area contributed by atoms with Crippen molar-refractivity contribution < 1.29 is 32.2 Å². The minimum Gasteiger partial charge on any atom is -0.454 e. The number of hydrogen-bond acceptors (Lipinski definition) is 10. The van der Waals surface area contributed by atoms with E-state index in [1.165, 1.54) is 7.11 Å². The fraction of sp³-hybridized carbons (Fsp3) is 0.407. The lowest BCUT2D eigenvalue weighted by Crippen LogP contribution is -2.41. The van der Waals surface area contributed by atoms with Gasteiger partial charge in [0, 0.05) is 36.0 Å². The zero-order valence-electron chi connectivity index (χ0n) is 22.7. The van der Waals surface area contributed by atoms with Crippen LogP contribution in [0.4, 0.5) is 30.8 Å². The molecule has 1 aromatic heterocycles. The molecule has 0 radical (unpaired) electrons. The monoisotopic (exact) mass is 609 g/mol. The second-order valence-electron chi connectivity index (χ2n) is 9.59. The number of methoxy groups -OCH3 is 1. The van der Waals surface area contributed by atoms with Gasteiger partial charge in [-0.15, -0.1) is 0 Å². The first-order valence-corrected chi connectivity index (χ1v) is 13.4. The van der Waals surface area contributed by atoms with E-state index in [0.717, 1.165) is 18.4 Å². The summed E-state index contributed by atoms with van der Waals surface area (Å²) in [4.78, 5) is 25.1. The van der Waals surface area contributed by atoms with Gasteiger partial charge < -0.3 is 35.9 Å². The fourth-order valence-corrected chi connectivity index (χ4v) is 4.12. The quantitative estimate of drug-likeness (QED) is 0.145. The number of aromatic nitrogens is 3. The number of nitrogens with one attached hydrogen (secondary N) is 3. The molecule has 5 N–H and O–H groups in total. The van der Waals surface area contributed by atoms with Crippen LogP contribution in [-0.2, 0) is 15.0 Å². The third-order valence-electron chi connectivity index (χ3n) is 6.31. The Balaban J connectivity index is 1.46. The molecule has 1 aliphatic rings. The number of alkyl halides is 3. The molecule has 1 heterocycles. The summed E-state index contributed by atoms with van der Waals surface area (Å²) in [5.41, 5.74) is 7.07. The number of anilines is 3. The molecular formula is C27H31ClF3N7O4. The van der Waals surface area contributed by atoms with E-state index in [0.29, 0.717) is 29.3 Å². The Hall–Kier alpha value is -3.72. The molecule has 1 aliphatic carbocycles. The smallest absolute Gasteiger partial charge is 0.422 e. The molecule has 1 unspecified atom stereocenters. The van der Waals surface area contributed by atoms with E-state index in [2.05, 4.69) is 30.9 Å². The van der Waals surface area contributed by atoms with Gasteiger partial charge in [0.05, 0.1) is 12.1 Å². The van der Waals surface area contributed by atoms with Gasteiger partial charge in [-0.25, -0.2) is 0 Å². The highest BCUT2D eigenvalue weighted by molar-refractivity contribution is 6.30. The van der Waals surface area contributed by atoms with Crippen molar-refractivity contribution in [1.82, 2.24) is 20.3 Å². The van der Waals surface area contributed by atoms with E-state index >= 15 is 0 Å². The predicted octanol–water partition coefficient (Wildman–Crippen LogP) is 4.38. The van der Waals surface area contributed by atoms with Crippen LogP contribution >= 0.6 is 11.6 Å². The van der Waals surface area contributed by atoms with E-state index in [4.69, 9.17) is 31.5 Å². The number of benzene rings is 2. The Morgan fingerprint density at radius 2 is 1.76 bits per heavy atom. The van der Waals surface area contributed by atoms with Gasteiger partial charge in [-0.2, -0.15) is 28.1 Å². The standard InChI is InChI=1S/C27H31ClF3N7O4/c1-40-16-41-13-10-21(14-32)33-22(39)17-2-8-20(9-3-17)34-23-35-24(37-25(36-23)42-15-27(29,30)31)38-26(11-12-26)18-4-6-19(28)7-5-18/h2-9,21H,10-16,32H2,1H3,(H,33,39)(H2,34,35,36,37,38). The molecule has 2 aromatic carbocycles. The maximum absolute atomic E-state index is 12.8. The van der Waals surface area contributed by atoms with Crippen LogP contribution in [0.5, 0.6) is 6.01 Å². The highest BCUT2D eigenvalue weighted by atomic mass is 35.5. The van der Waals surface area contributed by atoms with Crippen molar-refractivity contribution in [3.8, 4) is 6.01 Å². The normalized spacial score (nSPS) is 14.6. The van der Waals surface area contributed by atoms with Crippen molar-refractivity contribution >= 4 is 35.1 Å². The molecule has 0 bridgehead atoms. The molecule has 11 nitrogen and oxygen atoms in total. The summed E-state index contributed by atoms with van der Waals surface area (Å²) in [6.07, 6.45) is -2.54. The SMILES string of the molecule is COCOCCC(CN)NC(=O)c1ccc(Nc2nc(NC3(c4ccc(Cl)cc4)CC3)nc(OCC(F)(F)F)n2)cc1. The molecule has 15 heteroatoms. The first-order valence-electron chi connectivity index (χ1n) is 13.0. The summed E-state index contributed by atoms with van der Waals surface area (Å²) in [6, 6.07) is 12.8. The Morgan fingerprint density at radius 1 is 1.07 bits per heavy atom. The average molecular weight is 610 g/mol. The lowest BCUT2D eigenvalue weighted by molar-refractivity contribution is -0.154. The van der Waals surface area contributed by atoms with Gasteiger partial charge in [0.25, 0.3) is 5.91 Å². The first kappa shape index (κ1) is 31.2. The molecule has 1 atom stereocenters. The van der Waals surface area contributed by atoms with Crippen molar-refractivity contribution in [2.75, 3.05) is 44.3 Å². The summed E-state index contributed by atoms with van der Waals surface area (Å²) in [5.74, 6) is -0.335. The van der Waals surface area contributed by atoms with E-state index in [9.17, 15) is 18.0 Å². The van der Waals surface area contributed by atoms with Crippen molar-refractivity contribution in [3.63, 3.8) is 0 Å². The molecule has 226 valence electrons. The van der Waals surface area contributed by atoms with E-state index in [1.54, 1.807) is 36.4 Å². The van der Waals surface area contributed by atoms with E-state index < -0.39 is 24.3 Å². The molecule has 1 fully saturated rings. The second kappa shape index (κ2) is 14.0. The van der Waals surface area contributed by atoms with Gasteiger partial charge in [-0.3, -0.25) is 4.79 Å². The van der Waals surface area contributed by atoms with Crippen LogP contribution in [0.3, 0.4) is 0 Å². The Labute approximate surface area is 245 Å². The highest BCUT2D eigenvalue weighted by Gasteiger charge is 2.45. The number of hydrogen-bond donors (Lipinski definition) is 4. The van der Waals surface area contributed by atoms with Gasteiger partial charge in [-0.1, -0.05) is 23.7 Å². The number of nitrogens with two attached hydrogens (primary N) is 1. The number of halogens is 4. The molecule has 0 spiro atoms. The van der Waals surface area contributed by atoms with Crippen LogP contribution < -0.4 is 26.4 Å².